The molecule has 0 unspecified atom stereocenters. The van der Waals surface area contributed by atoms with E-state index in [1.807, 2.05) is 0 Å². The second kappa shape index (κ2) is 8.91. The molecule has 29 heavy (non-hydrogen) atoms. The fourth-order valence-electron chi connectivity index (χ4n) is 2.53. The van der Waals surface area contributed by atoms with Gasteiger partial charge in [-0.3, -0.25) is 5.32 Å². The van der Waals surface area contributed by atoms with Crippen LogP contribution in [0.4, 0.5) is 20.6 Å². The second-order valence-electron chi connectivity index (χ2n) is 7.01. The van der Waals surface area contributed by atoms with Gasteiger partial charge >= 0.3 is 18.0 Å². The highest BCUT2D eigenvalue weighted by Crippen LogP contribution is 2.29. The third-order valence-corrected chi connectivity index (χ3v) is 3.73. The van der Waals surface area contributed by atoms with Crippen LogP contribution in [-0.2, 0) is 28.5 Å². The lowest BCUT2D eigenvalue weighted by Crippen LogP contribution is -2.38. The van der Waals surface area contributed by atoms with Crippen LogP contribution in [0.5, 0.6) is 0 Å². The molecular formula is C19H23FN2O7. The number of rotatable bonds is 4. The Morgan fingerprint density at radius 1 is 1.14 bits per heavy atom. The zero-order chi connectivity index (χ0) is 21.8. The Balaban J connectivity index is 2.35. The quantitative estimate of drug-likeness (QED) is 0.597. The van der Waals surface area contributed by atoms with Gasteiger partial charge in [0.25, 0.3) is 0 Å². The van der Waals surface area contributed by atoms with Crippen molar-refractivity contribution in [1.29, 1.82) is 0 Å². The summed E-state index contributed by atoms with van der Waals surface area (Å²) in [7, 11) is 2.33. The van der Waals surface area contributed by atoms with Crippen LogP contribution in [0.2, 0.25) is 0 Å². The van der Waals surface area contributed by atoms with Crippen LogP contribution in [-0.4, -0.2) is 51.2 Å². The largest absolute Gasteiger partial charge is 0.466 e. The number of amides is 1. The topological polar surface area (TPSA) is 103 Å². The van der Waals surface area contributed by atoms with Crippen molar-refractivity contribution in [2.45, 2.75) is 26.4 Å². The van der Waals surface area contributed by atoms with E-state index in [0.717, 1.165) is 13.2 Å². The molecule has 2 rings (SSSR count). The Bertz CT molecular complexity index is 845. The molecule has 1 aliphatic heterocycles. The number of methoxy groups -OCH3 is 2. The van der Waals surface area contributed by atoms with Crippen molar-refractivity contribution < 1.29 is 37.7 Å². The summed E-state index contributed by atoms with van der Waals surface area (Å²) in [6.45, 7) is 4.77. The number of hydrogen-bond acceptors (Lipinski definition) is 8. The van der Waals surface area contributed by atoms with Crippen molar-refractivity contribution in [3.05, 3.63) is 35.3 Å². The van der Waals surface area contributed by atoms with Crippen LogP contribution in [0.15, 0.2) is 29.5 Å². The number of halogens is 1. The molecule has 1 aromatic carbocycles. The van der Waals surface area contributed by atoms with Gasteiger partial charge in [0.05, 0.1) is 32.1 Å². The Morgan fingerprint density at radius 2 is 1.79 bits per heavy atom. The number of hydrogen-bond donors (Lipinski definition) is 1. The Kier molecular flexibility index (Phi) is 6.80. The van der Waals surface area contributed by atoms with Crippen LogP contribution in [0, 0.1) is 5.82 Å². The van der Waals surface area contributed by atoms with Crippen LogP contribution in [0.25, 0.3) is 0 Å². The maximum atomic E-state index is 14.6. The summed E-state index contributed by atoms with van der Waals surface area (Å²) in [6, 6.07) is 3.83. The van der Waals surface area contributed by atoms with Crippen molar-refractivity contribution in [2.75, 3.05) is 37.8 Å². The van der Waals surface area contributed by atoms with E-state index in [2.05, 4.69) is 10.1 Å². The molecule has 1 amide bonds. The fraction of sp³-hybridized carbons (Fsp3) is 0.421. The molecule has 158 valence electrons. The highest BCUT2D eigenvalue weighted by atomic mass is 19.1. The Hall–Kier alpha value is -3.14. The molecule has 1 heterocycles. The number of esters is 2. The number of anilines is 2. The van der Waals surface area contributed by atoms with Gasteiger partial charge in [-0.15, -0.1) is 0 Å². The zero-order valence-corrected chi connectivity index (χ0v) is 16.8. The zero-order valence-electron chi connectivity index (χ0n) is 16.8. The van der Waals surface area contributed by atoms with E-state index in [-0.39, 0.29) is 36.0 Å². The lowest BCUT2D eigenvalue weighted by molar-refractivity contribution is -0.140. The molecule has 0 fully saturated rings. The third-order valence-electron chi connectivity index (χ3n) is 3.73. The average molecular weight is 410 g/mol. The first-order chi connectivity index (χ1) is 13.6. The molecule has 0 atom stereocenters. The van der Waals surface area contributed by atoms with E-state index >= 15 is 0 Å². The number of nitrogens with one attached hydrogen (secondary N) is 1. The number of carbonyl (C=O) groups excluding carboxylic acids is 3. The first kappa shape index (κ1) is 22.2. The smallest absolute Gasteiger partial charge is 0.412 e. The SMILES string of the molecule is COC(=O)C1=C(C(=O)OC)N(c2ccc(NC(=O)OC(C)(C)C)c(F)c2)COC1. The minimum Gasteiger partial charge on any atom is -0.466 e. The molecule has 9 nitrogen and oxygen atoms in total. The Labute approximate surface area is 167 Å². The summed E-state index contributed by atoms with van der Waals surface area (Å²) in [5.41, 5.74) is -0.813. The van der Waals surface area contributed by atoms with Gasteiger partial charge in [0, 0.05) is 5.69 Å². The number of nitrogens with zero attached hydrogens (tertiary/aromatic N) is 1. The van der Waals surface area contributed by atoms with Crippen molar-refractivity contribution in [3.8, 4) is 0 Å². The third kappa shape index (κ3) is 5.44. The molecule has 1 aromatic rings. The van der Waals surface area contributed by atoms with Crippen molar-refractivity contribution in [1.82, 2.24) is 0 Å². The molecule has 1 aliphatic rings. The molecule has 10 heteroatoms. The predicted octanol–water partition coefficient (Wildman–Crippen LogP) is 2.57. The molecule has 0 aliphatic carbocycles. The van der Waals surface area contributed by atoms with Gasteiger partial charge in [0.15, 0.2) is 0 Å². The van der Waals surface area contributed by atoms with Crippen LogP contribution >= 0.6 is 0 Å². The fourth-order valence-corrected chi connectivity index (χ4v) is 2.53. The molecular weight excluding hydrogens is 387 g/mol. The first-order valence-corrected chi connectivity index (χ1v) is 8.62. The van der Waals surface area contributed by atoms with Crippen molar-refractivity contribution in [2.24, 2.45) is 0 Å². The molecule has 0 saturated carbocycles. The lowest BCUT2D eigenvalue weighted by atomic mass is 10.1. The Morgan fingerprint density at radius 3 is 2.34 bits per heavy atom. The number of ether oxygens (including phenoxy) is 4. The van der Waals surface area contributed by atoms with Crippen molar-refractivity contribution >= 4 is 29.4 Å². The number of carbonyl (C=O) groups is 3. The van der Waals surface area contributed by atoms with E-state index in [1.165, 1.54) is 24.1 Å². The maximum absolute atomic E-state index is 14.6. The minimum absolute atomic E-state index is 0.0537. The van der Waals surface area contributed by atoms with Gasteiger partial charge < -0.3 is 23.8 Å². The van der Waals surface area contributed by atoms with Gasteiger partial charge in [-0.05, 0) is 39.0 Å². The van der Waals surface area contributed by atoms with Crippen LogP contribution in [0.3, 0.4) is 0 Å². The van der Waals surface area contributed by atoms with Crippen LogP contribution < -0.4 is 10.2 Å². The summed E-state index contributed by atoms with van der Waals surface area (Å²) in [4.78, 5) is 37.4. The number of benzene rings is 1. The minimum atomic E-state index is -0.812. The highest BCUT2D eigenvalue weighted by molar-refractivity contribution is 6.03. The summed E-state index contributed by atoms with van der Waals surface area (Å²) in [5, 5.41) is 2.31. The molecule has 0 radical (unpaired) electrons. The van der Waals surface area contributed by atoms with Gasteiger partial charge in [-0.2, -0.15) is 0 Å². The van der Waals surface area contributed by atoms with Gasteiger partial charge in [-0.1, -0.05) is 0 Å². The van der Waals surface area contributed by atoms with E-state index < -0.39 is 29.5 Å². The van der Waals surface area contributed by atoms with Gasteiger partial charge in [-0.25, -0.2) is 18.8 Å². The molecule has 0 spiro atoms. The molecule has 0 saturated heterocycles. The lowest BCUT2D eigenvalue weighted by Gasteiger charge is -2.31. The first-order valence-electron chi connectivity index (χ1n) is 8.62. The van der Waals surface area contributed by atoms with Gasteiger partial charge in [0.1, 0.15) is 23.8 Å². The maximum Gasteiger partial charge on any atom is 0.412 e. The summed E-state index contributed by atoms with van der Waals surface area (Å²) in [6.07, 6.45) is -0.812. The monoisotopic (exact) mass is 410 g/mol. The standard InChI is InChI=1S/C19H23FN2O7/c1-19(2,3)29-18(25)21-14-7-6-11(8-13(14)20)22-10-28-9-12(16(23)26-4)15(22)17(24)27-5/h6-8H,9-10H2,1-5H3,(H,21,25). The molecule has 0 bridgehead atoms. The van der Waals surface area contributed by atoms with E-state index in [9.17, 15) is 18.8 Å². The summed E-state index contributed by atoms with van der Waals surface area (Å²) >= 11 is 0. The van der Waals surface area contributed by atoms with E-state index in [0.29, 0.717) is 0 Å². The van der Waals surface area contributed by atoms with Gasteiger partial charge in [0.2, 0.25) is 0 Å². The van der Waals surface area contributed by atoms with E-state index in [4.69, 9.17) is 14.2 Å². The normalized spacial score (nSPS) is 14.3. The summed E-state index contributed by atoms with van der Waals surface area (Å²) < 4.78 is 34.4. The highest BCUT2D eigenvalue weighted by Gasteiger charge is 2.32. The van der Waals surface area contributed by atoms with Crippen molar-refractivity contribution in [3.63, 3.8) is 0 Å². The predicted molar refractivity (Wildman–Crippen MR) is 101 cm³/mol. The van der Waals surface area contributed by atoms with E-state index in [1.54, 1.807) is 20.8 Å². The summed E-state index contributed by atoms with van der Waals surface area (Å²) in [5.74, 6) is -2.34. The molecule has 0 aromatic heterocycles. The molecule has 1 N–H and O–H groups in total. The second-order valence-corrected chi connectivity index (χ2v) is 7.01. The average Bonchev–Trinajstić information content (AvgIpc) is 2.66. The van der Waals surface area contributed by atoms with Crippen LogP contribution in [0.1, 0.15) is 20.8 Å².